The van der Waals surface area contributed by atoms with Crippen LogP contribution in [0, 0.1) is 12.8 Å². The van der Waals surface area contributed by atoms with Gasteiger partial charge in [-0.1, -0.05) is 80.0 Å². The summed E-state index contributed by atoms with van der Waals surface area (Å²) in [5.74, 6) is -0.404. The number of hydrogen-bond donors (Lipinski definition) is 1. The van der Waals surface area contributed by atoms with Crippen LogP contribution in [0.3, 0.4) is 0 Å². The molecule has 0 saturated carbocycles. The molecule has 1 N–H and O–H groups in total. The summed E-state index contributed by atoms with van der Waals surface area (Å²) in [5.41, 5.74) is 2.80. The standard InChI is InChI=1S/C31H38ClN3O5S/c1-22(2)19-33-31(37)28(17-24-12-7-6-8-13-24)34(20-25-14-10-9-11-23(25)3)30(36)21-35(41(5,38)39)27-18-26(32)15-16-29(27)40-4/h6-16,18,22,28H,17,19-21H2,1-5H3,(H,33,37)/t28-/m1/s1. The third-order valence-corrected chi connectivity index (χ3v) is 8.01. The molecule has 3 aromatic carbocycles. The number of rotatable bonds is 13. The summed E-state index contributed by atoms with van der Waals surface area (Å²) >= 11 is 6.21. The summed E-state index contributed by atoms with van der Waals surface area (Å²) < 4.78 is 32.4. The molecule has 8 nitrogen and oxygen atoms in total. The molecule has 3 aromatic rings. The van der Waals surface area contributed by atoms with Crippen LogP contribution in [0.1, 0.15) is 30.5 Å². The smallest absolute Gasteiger partial charge is 0.244 e. The maximum absolute atomic E-state index is 14.2. The number of benzene rings is 3. The lowest BCUT2D eigenvalue weighted by molar-refractivity contribution is -0.140. The van der Waals surface area contributed by atoms with Crippen molar-refractivity contribution in [1.82, 2.24) is 10.2 Å². The minimum absolute atomic E-state index is 0.113. The van der Waals surface area contributed by atoms with E-state index in [-0.39, 0.29) is 41.3 Å². The maximum atomic E-state index is 14.2. The highest BCUT2D eigenvalue weighted by Gasteiger charge is 2.34. The second-order valence-corrected chi connectivity index (χ2v) is 12.7. The van der Waals surface area contributed by atoms with Crippen molar-refractivity contribution < 1.29 is 22.7 Å². The van der Waals surface area contributed by atoms with E-state index >= 15 is 0 Å². The van der Waals surface area contributed by atoms with Gasteiger partial charge in [-0.05, 0) is 47.7 Å². The summed E-state index contributed by atoms with van der Waals surface area (Å²) in [6.45, 7) is 5.91. The summed E-state index contributed by atoms with van der Waals surface area (Å²) in [6, 6.07) is 20.7. The normalized spacial score (nSPS) is 12.1. The van der Waals surface area contributed by atoms with Gasteiger partial charge >= 0.3 is 0 Å². The van der Waals surface area contributed by atoms with E-state index in [1.807, 2.05) is 75.4 Å². The van der Waals surface area contributed by atoms with Gasteiger partial charge in [0.2, 0.25) is 21.8 Å². The molecule has 3 rings (SSSR count). The first-order valence-corrected chi connectivity index (χ1v) is 15.6. The van der Waals surface area contributed by atoms with Gasteiger partial charge in [0.25, 0.3) is 0 Å². The van der Waals surface area contributed by atoms with E-state index in [1.54, 1.807) is 12.1 Å². The Kier molecular flexibility index (Phi) is 11.2. The lowest BCUT2D eigenvalue weighted by Gasteiger charge is -2.34. The van der Waals surface area contributed by atoms with Crippen molar-refractivity contribution in [3.8, 4) is 5.75 Å². The lowest BCUT2D eigenvalue weighted by Crippen LogP contribution is -2.53. The molecule has 1 atom stereocenters. The molecule has 10 heteroatoms. The monoisotopic (exact) mass is 599 g/mol. The Morgan fingerprint density at radius 1 is 1.00 bits per heavy atom. The van der Waals surface area contributed by atoms with Crippen LogP contribution in [0.25, 0.3) is 0 Å². The first-order chi connectivity index (χ1) is 19.4. The molecule has 0 aliphatic carbocycles. The number of hydrogen-bond acceptors (Lipinski definition) is 5. The topological polar surface area (TPSA) is 96.0 Å². The van der Waals surface area contributed by atoms with Crippen molar-refractivity contribution in [2.45, 2.75) is 39.8 Å². The van der Waals surface area contributed by atoms with Gasteiger partial charge in [-0.2, -0.15) is 0 Å². The Labute approximate surface area is 248 Å². The van der Waals surface area contributed by atoms with Crippen LogP contribution < -0.4 is 14.4 Å². The van der Waals surface area contributed by atoms with Gasteiger partial charge in [0, 0.05) is 24.5 Å². The van der Waals surface area contributed by atoms with Gasteiger partial charge in [0.15, 0.2) is 0 Å². The first kappa shape index (κ1) is 32.0. The Bertz CT molecular complexity index is 1450. The fourth-order valence-electron chi connectivity index (χ4n) is 4.40. The number of carbonyl (C=O) groups excluding carboxylic acids is 2. The van der Waals surface area contributed by atoms with Crippen LogP contribution in [-0.2, 0) is 32.6 Å². The van der Waals surface area contributed by atoms with Crippen LogP contribution in [0.4, 0.5) is 5.69 Å². The molecule has 0 radical (unpaired) electrons. The number of anilines is 1. The summed E-state index contributed by atoms with van der Waals surface area (Å²) in [7, 11) is -2.55. The molecule has 220 valence electrons. The summed E-state index contributed by atoms with van der Waals surface area (Å²) in [6.07, 6.45) is 1.27. The number of aryl methyl sites for hydroxylation is 1. The highest BCUT2D eigenvalue weighted by atomic mass is 35.5. The van der Waals surface area contributed by atoms with E-state index in [2.05, 4.69) is 5.32 Å². The number of methoxy groups -OCH3 is 1. The zero-order valence-corrected chi connectivity index (χ0v) is 25.7. The second-order valence-electron chi connectivity index (χ2n) is 10.4. The fraction of sp³-hybridized carbons (Fsp3) is 0.355. The van der Waals surface area contributed by atoms with Gasteiger partial charge in [0.1, 0.15) is 18.3 Å². The lowest BCUT2D eigenvalue weighted by atomic mass is 10.0. The zero-order valence-electron chi connectivity index (χ0n) is 24.1. The highest BCUT2D eigenvalue weighted by Crippen LogP contribution is 2.33. The molecule has 0 saturated heterocycles. The highest BCUT2D eigenvalue weighted by molar-refractivity contribution is 7.92. The van der Waals surface area contributed by atoms with E-state index in [0.29, 0.717) is 6.54 Å². The van der Waals surface area contributed by atoms with Gasteiger partial charge in [-0.15, -0.1) is 0 Å². The minimum atomic E-state index is -3.96. The number of carbonyl (C=O) groups is 2. The quantitative estimate of drug-likeness (QED) is 0.303. The average Bonchev–Trinajstić information content (AvgIpc) is 2.93. The van der Waals surface area contributed by atoms with Crippen molar-refractivity contribution in [1.29, 1.82) is 0 Å². The van der Waals surface area contributed by atoms with E-state index < -0.39 is 28.5 Å². The van der Waals surface area contributed by atoms with Gasteiger partial charge < -0.3 is 15.0 Å². The van der Waals surface area contributed by atoms with E-state index in [4.69, 9.17) is 16.3 Å². The van der Waals surface area contributed by atoms with Crippen LogP contribution in [0.15, 0.2) is 72.8 Å². The molecule has 2 amide bonds. The molecule has 41 heavy (non-hydrogen) atoms. The first-order valence-electron chi connectivity index (χ1n) is 13.4. The number of nitrogens with zero attached hydrogens (tertiary/aromatic N) is 2. The maximum Gasteiger partial charge on any atom is 0.244 e. The molecule has 0 spiro atoms. The Balaban J connectivity index is 2.10. The van der Waals surface area contributed by atoms with Crippen LogP contribution in [0.5, 0.6) is 5.75 Å². The fourth-order valence-corrected chi connectivity index (χ4v) is 5.41. The Hall–Kier alpha value is -3.56. The second kappa shape index (κ2) is 14.4. The predicted octanol–water partition coefficient (Wildman–Crippen LogP) is 4.84. The SMILES string of the molecule is COc1ccc(Cl)cc1N(CC(=O)N(Cc1ccccc1C)[C@H](Cc1ccccc1)C(=O)NCC(C)C)S(C)(=O)=O. The van der Waals surface area contributed by atoms with Crippen LogP contribution in [-0.4, -0.2) is 57.6 Å². The largest absolute Gasteiger partial charge is 0.495 e. The number of halogens is 1. The van der Waals surface area contributed by atoms with Crippen LogP contribution >= 0.6 is 11.6 Å². The number of sulfonamides is 1. The van der Waals surface area contributed by atoms with Gasteiger partial charge in [-0.25, -0.2) is 8.42 Å². The summed E-state index contributed by atoms with van der Waals surface area (Å²) in [4.78, 5) is 29.4. The van der Waals surface area contributed by atoms with Crippen molar-refractivity contribution in [3.05, 3.63) is 94.5 Å². The number of ether oxygens (including phenoxy) is 1. The van der Waals surface area contributed by atoms with Crippen molar-refractivity contribution >= 4 is 39.1 Å². The predicted molar refractivity (Wildman–Crippen MR) is 164 cm³/mol. The molecule has 0 fully saturated rings. The molecular formula is C31H38ClN3O5S. The summed E-state index contributed by atoms with van der Waals surface area (Å²) in [5, 5.41) is 3.26. The van der Waals surface area contributed by atoms with E-state index in [0.717, 1.165) is 27.3 Å². The van der Waals surface area contributed by atoms with Crippen molar-refractivity contribution in [2.24, 2.45) is 5.92 Å². The van der Waals surface area contributed by atoms with Gasteiger partial charge in [-0.3, -0.25) is 13.9 Å². The van der Waals surface area contributed by atoms with Crippen molar-refractivity contribution in [3.63, 3.8) is 0 Å². The average molecular weight is 600 g/mol. The third-order valence-electron chi connectivity index (χ3n) is 6.65. The molecule has 0 heterocycles. The minimum Gasteiger partial charge on any atom is -0.495 e. The molecule has 0 aromatic heterocycles. The molecule has 0 aliphatic rings. The van der Waals surface area contributed by atoms with E-state index in [9.17, 15) is 18.0 Å². The molecule has 0 bridgehead atoms. The Morgan fingerprint density at radius 3 is 2.27 bits per heavy atom. The molecule has 0 aliphatic heterocycles. The van der Waals surface area contributed by atoms with Gasteiger partial charge in [0.05, 0.1) is 19.1 Å². The van der Waals surface area contributed by atoms with E-state index in [1.165, 1.54) is 18.1 Å². The zero-order chi connectivity index (χ0) is 30.2. The van der Waals surface area contributed by atoms with Crippen LogP contribution in [0.2, 0.25) is 5.02 Å². The van der Waals surface area contributed by atoms with Crippen molar-refractivity contribution in [2.75, 3.05) is 30.8 Å². The number of nitrogens with one attached hydrogen (secondary N) is 1. The number of amides is 2. The molecular weight excluding hydrogens is 562 g/mol. The third kappa shape index (κ3) is 8.96. The molecule has 0 unspecified atom stereocenters. The Morgan fingerprint density at radius 2 is 1.66 bits per heavy atom.